The molecule has 1 saturated heterocycles. The van der Waals surface area contributed by atoms with Crippen LogP contribution in [0.25, 0.3) is 16.7 Å². The molecule has 1 aliphatic rings. The highest BCUT2D eigenvalue weighted by Gasteiger charge is 2.20. The number of rotatable bonds is 3. The Labute approximate surface area is 141 Å². The number of benzene rings is 1. The molecule has 0 saturated carbocycles. The molecule has 0 radical (unpaired) electrons. The molecule has 24 heavy (non-hydrogen) atoms. The highest BCUT2D eigenvalue weighted by molar-refractivity contribution is 5.85. The second-order valence-corrected chi connectivity index (χ2v) is 6.75. The minimum Gasteiger partial charge on any atom is -0.383 e. The number of hydrogen-bond donors (Lipinski definition) is 1. The summed E-state index contributed by atoms with van der Waals surface area (Å²) in [4.78, 5) is 9.55. The molecule has 0 amide bonds. The lowest BCUT2D eigenvalue weighted by molar-refractivity contribution is 0.312. The van der Waals surface area contributed by atoms with Gasteiger partial charge in [0.05, 0.1) is 11.0 Å². The van der Waals surface area contributed by atoms with Crippen LogP contribution < -0.4 is 10.2 Å². The molecule has 0 aliphatic carbocycles. The monoisotopic (exact) mass is 325 g/mol. The van der Waals surface area contributed by atoms with Gasteiger partial charge in [-0.3, -0.25) is 4.40 Å². The Morgan fingerprint density at radius 3 is 2.67 bits per heavy atom. The average molecular weight is 325 g/mol. The molecule has 1 fully saturated rings. The zero-order valence-electron chi connectivity index (χ0n) is 14.4. The Bertz CT molecular complexity index is 862. The fourth-order valence-electron chi connectivity index (χ4n) is 3.19. The first-order valence-corrected chi connectivity index (χ1v) is 8.45. The van der Waals surface area contributed by atoms with Crippen LogP contribution in [0.2, 0.25) is 0 Å². The molecule has 7 heteroatoms. The lowest BCUT2D eigenvalue weighted by atomic mass is 10.2. The first-order valence-electron chi connectivity index (χ1n) is 8.45. The van der Waals surface area contributed by atoms with Gasteiger partial charge in [-0.15, -0.1) is 10.2 Å². The molecule has 1 aliphatic heterocycles. The Morgan fingerprint density at radius 2 is 1.92 bits per heavy atom. The van der Waals surface area contributed by atoms with Crippen molar-refractivity contribution in [1.82, 2.24) is 24.5 Å². The van der Waals surface area contributed by atoms with Gasteiger partial charge in [0.15, 0.2) is 5.82 Å². The fourth-order valence-corrected chi connectivity index (χ4v) is 3.19. The van der Waals surface area contributed by atoms with Crippen molar-refractivity contribution in [3.8, 4) is 0 Å². The SMILES string of the molecule is CC(C)Nc1ccc2nc(N3CCN(C)CC3)c3nncn3c2c1. The number of fused-ring (bicyclic) bond motifs is 3. The van der Waals surface area contributed by atoms with E-state index in [4.69, 9.17) is 4.98 Å². The molecule has 1 aromatic carbocycles. The first-order chi connectivity index (χ1) is 11.6. The third kappa shape index (κ3) is 2.65. The number of anilines is 2. The molecular weight excluding hydrogens is 302 g/mol. The topological polar surface area (TPSA) is 61.6 Å². The molecule has 3 heterocycles. The van der Waals surface area contributed by atoms with Crippen LogP contribution in [0.3, 0.4) is 0 Å². The van der Waals surface area contributed by atoms with Gasteiger partial charge in [-0.05, 0) is 39.1 Å². The Morgan fingerprint density at radius 1 is 1.12 bits per heavy atom. The predicted octanol–water partition coefficient (Wildman–Crippen LogP) is 1.85. The van der Waals surface area contributed by atoms with Crippen LogP contribution >= 0.6 is 0 Å². The van der Waals surface area contributed by atoms with E-state index in [1.807, 2.05) is 4.40 Å². The summed E-state index contributed by atoms with van der Waals surface area (Å²) in [6.07, 6.45) is 1.78. The van der Waals surface area contributed by atoms with Crippen LogP contribution in [-0.4, -0.2) is 63.8 Å². The van der Waals surface area contributed by atoms with Crippen molar-refractivity contribution >= 4 is 28.2 Å². The molecule has 2 aromatic heterocycles. The van der Waals surface area contributed by atoms with Crippen LogP contribution in [0, 0.1) is 0 Å². The van der Waals surface area contributed by atoms with Gasteiger partial charge >= 0.3 is 0 Å². The van der Waals surface area contributed by atoms with Gasteiger partial charge in [-0.1, -0.05) is 0 Å². The van der Waals surface area contributed by atoms with Crippen LogP contribution in [0.15, 0.2) is 24.5 Å². The van der Waals surface area contributed by atoms with Crippen molar-refractivity contribution in [2.75, 3.05) is 43.4 Å². The summed E-state index contributed by atoms with van der Waals surface area (Å²) in [6.45, 7) is 8.27. The van der Waals surface area contributed by atoms with E-state index < -0.39 is 0 Å². The molecule has 0 bridgehead atoms. The number of piperazine rings is 1. The lowest BCUT2D eigenvalue weighted by Gasteiger charge is -2.33. The number of likely N-dealkylation sites (N-methyl/N-ethyl adjacent to an activating group) is 1. The number of aromatic nitrogens is 4. The van der Waals surface area contributed by atoms with E-state index in [9.17, 15) is 0 Å². The van der Waals surface area contributed by atoms with E-state index in [0.29, 0.717) is 6.04 Å². The van der Waals surface area contributed by atoms with E-state index in [2.05, 4.69) is 64.4 Å². The van der Waals surface area contributed by atoms with Gasteiger partial charge in [-0.2, -0.15) is 0 Å². The van der Waals surface area contributed by atoms with Crippen LogP contribution in [0.4, 0.5) is 11.5 Å². The maximum absolute atomic E-state index is 4.90. The molecule has 0 spiro atoms. The van der Waals surface area contributed by atoms with Crippen molar-refractivity contribution in [2.24, 2.45) is 0 Å². The van der Waals surface area contributed by atoms with Gasteiger partial charge in [0.2, 0.25) is 5.65 Å². The van der Waals surface area contributed by atoms with Crippen LogP contribution in [0.1, 0.15) is 13.8 Å². The van der Waals surface area contributed by atoms with Crippen LogP contribution in [0.5, 0.6) is 0 Å². The molecule has 0 unspecified atom stereocenters. The van der Waals surface area contributed by atoms with Crippen molar-refractivity contribution < 1.29 is 0 Å². The molecule has 7 nitrogen and oxygen atoms in total. The third-order valence-electron chi connectivity index (χ3n) is 4.47. The van der Waals surface area contributed by atoms with E-state index >= 15 is 0 Å². The fraction of sp³-hybridized carbons (Fsp3) is 0.471. The summed E-state index contributed by atoms with van der Waals surface area (Å²) in [7, 11) is 2.15. The number of hydrogen-bond acceptors (Lipinski definition) is 6. The minimum absolute atomic E-state index is 0.386. The van der Waals surface area contributed by atoms with Crippen molar-refractivity contribution in [3.05, 3.63) is 24.5 Å². The third-order valence-corrected chi connectivity index (χ3v) is 4.47. The highest BCUT2D eigenvalue weighted by Crippen LogP contribution is 2.26. The van der Waals surface area contributed by atoms with Gasteiger partial charge in [0.25, 0.3) is 0 Å². The largest absolute Gasteiger partial charge is 0.383 e. The lowest BCUT2D eigenvalue weighted by Crippen LogP contribution is -2.45. The van der Waals surface area contributed by atoms with E-state index in [1.54, 1.807) is 6.33 Å². The smallest absolute Gasteiger partial charge is 0.204 e. The Hall–Kier alpha value is -2.41. The maximum atomic E-state index is 4.90. The quantitative estimate of drug-likeness (QED) is 0.793. The second kappa shape index (κ2) is 5.90. The zero-order valence-corrected chi connectivity index (χ0v) is 14.4. The molecular formula is C17H23N7. The average Bonchev–Trinajstić information content (AvgIpc) is 3.04. The van der Waals surface area contributed by atoms with Gasteiger partial charge < -0.3 is 15.1 Å². The molecule has 126 valence electrons. The van der Waals surface area contributed by atoms with Crippen molar-refractivity contribution in [1.29, 1.82) is 0 Å². The van der Waals surface area contributed by atoms with E-state index in [1.165, 1.54) is 0 Å². The predicted molar refractivity (Wildman–Crippen MR) is 96.8 cm³/mol. The molecule has 1 N–H and O–H groups in total. The van der Waals surface area contributed by atoms with Gasteiger partial charge in [0.1, 0.15) is 6.33 Å². The van der Waals surface area contributed by atoms with E-state index in [0.717, 1.165) is 54.4 Å². The Balaban J connectivity index is 1.82. The second-order valence-electron chi connectivity index (χ2n) is 6.75. The Kier molecular flexibility index (Phi) is 3.72. The number of nitrogens with one attached hydrogen (secondary N) is 1. The number of nitrogens with zero attached hydrogens (tertiary/aromatic N) is 6. The molecule has 3 aromatic rings. The normalized spacial score (nSPS) is 16.4. The maximum Gasteiger partial charge on any atom is 0.204 e. The first kappa shape index (κ1) is 15.1. The van der Waals surface area contributed by atoms with Crippen LogP contribution in [-0.2, 0) is 0 Å². The summed E-state index contributed by atoms with van der Waals surface area (Å²) in [5, 5.41) is 11.9. The van der Waals surface area contributed by atoms with Crippen molar-refractivity contribution in [3.63, 3.8) is 0 Å². The van der Waals surface area contributed by atoms with E-state index in [-0.39, 0.29) is 0 Å². The summed E-state index contributed by atoms with van der Waals surface area (Å²) in [5.74, 6) is 0.928. The minimum atomic E-state index is 0.386. The zero-order chi connectivity index (χ0) is 16.7. The summed E-state index contributed by atoms with van der Waals surface area (Å²) in [6, 6.07) is 6.65. The highest BCUT2D eigenvalue weighted by atomic mass is 15.3. The standard InChI is InChI=1S/C17H23N7/c1-12(2)19-13-4-5-14-15(10-13)24-11-18-21-17(24)16(20-14)23-8-6-22(3)7-9-23/h4-5,10-12,19H,6-9H2,1-3H3. The van der Waals surface area contributed by atoms with Gasteiger partial charge in [-0.25, -0.2) is 4.98 Å². The van der Waals surface area contributed by atoms with Gasteiger partial charge in [0, 0.05) is 37.9 Å². The summed E-state index contributed by atoms with van der Waals surface area (Å²) >= 11 is 0. The molecule has 0 atom stereocenters. The van der Waals surface area contributed by atoms with Crippen molar-refractivity contribution in [2.45, 2.75) is 19.9 Å². The summed E-state index contributed by atoms with van der Waals surface area (Å²) in [5.41, 5.74) is 3.90. The molecule has 4 rings (SSSR count). The summed E-state index contributed by atoms with van der Waals surface area (Å²) < 4.78 is 2.04.